The van der Waals surface area contributed by atoms with Gasteiger partial charge in [0.2, 0.25) is 0 Å². The number of nitrogens with zero attached hydrogens (tertiary/aromatic N) is 2. The van der Waals surface area contributed by atoms with Crippen molar-refractivity contribution < 1.29 is 4.79 Å². The van der Waals surface area contributed by atoms with Crippen LogP contribution in [0.15, 0.2) is 18.2 Å². The smallest absolute Gasteiger partial charge is 0.317 e. The lowest BCUT2D eigenvalue weighted by Gasteiger charge is -2.52. The molecule has 2 fully saturated rings. The van der Waals surface area contributed by atoms with Gasteiger partial charge in [-0.2, -0.15) is 0 Å². The minimum Gasteiger partial charge on any atom is -0.335 e. The van der Waals surface area contributed by atoms with Crippen molar-refractivity contribution in [2.75, 3.05) is 40.3 Å². The van der Waals surface area contributed by atoms with Crippen LogP contribution in [0.25, 0.3) is 0 Å². The summed E-state index contributed by atoms with van der Waals surface area (Å²) >= 11 is 13.2. The molecular weight excluding hydrogens is 407 g/mol. The predicted octanol–water partition coefficient (Wildman–Crippen LogP) is 4.33. The molecule has 1 heterocycles. The Morgan fingerprint density at radius 2 is 1.86 bits per heavy atom. The van der Waals surface area contributed by atoms with Crippen molar-refractivity contribution in [3.63, 3.8) is 0 Å². The Labute approximate surface area is 185 Å². The Bertz CT molecular complexity index is 700. The summed E-state index contributed by atoms with van der Waals surface area (Å²) in [4.78, 5) is 16.3. The van der Waals surface area contributed by atoms with Crippen LogP contribution in [0.3, 0.4) is 0 Å². The van der Waals surface area contributed by atoms with Crippen molar-refractivity contribution >= 4 is 29.2 Å². The number of nitrogens with one attached hydrogen (secondary N) is 2. The predicted molar refractivity (Wildman–Crippen MR) is 121 cm³/mol. The van der Waals surface area contributed by atoms with E-state index in [1.807, 2.05) is 12.1 Å². The number of carbonyl (C=O) groups excluding carboxylic acids is 1. The first-order valence-electron chi connectivity index (χ1n) is 10.8. The molecule has 162 valence electrons. The molecule has 1 aromatic carbocycles. The van der Waals surface area contributed by atoms with Crippen LogP contribution in [0.4, 0.5) is 4.79 Å². The highest BCUT2D eigenvalue weighted by molar-refractivity contribution is 6.42. The molecule has 0 bridgehead atoms. The first-order chi connectivity index (χ1) is 13.9. The number of urea groups is 1. The van der Waals surface area contributed by atoms with Crippen molar-refractivity contribution in [2.24, 2.45) is 5.92 Å². The van der Waals surface area contributed by atoms with E-state index in [1.54, 1.807) is 19.0 Å². The van der Waals surface area contributed by atoms with E-state index in [4.69, 9.17) is 23.2 Å². The molecular formula is C22H34Cl2N4O. The van der Waals surface area contributed by atoms with Crippen LogP contribution in [-0.4, -0.2) is 62.1 Å². The average Bonchev–Trinajstić information content (AvgIpc) is 2.73. The molecule has 5 nitrogen and oxygen atoms in total. The first-order valence-corrected chi connectivity index (χ1v) is 11.5. The number of benzene rings is 1. The maximum absolute atomic E-state index is 12.1. The first kappa shape index (κ1) is 22.7. The van der Waals surface area contributed by atoms with Crippen molar-refractivity contribution in [1.82, 2.24) is 20.4 Å². The van der Waals surface area contributed by atoms with Crippen LogP contribution >= 0.6 is 23.2 Å². The highest BCUT2D eigenvalue weighted by Crippen LogP contribution is 2.49. The maximum atomic E-state index is 12.1. The Morgan fingerprint density at radius 3 is 2.45 bits per heavy atom. The monoisotopic (exact) mass is 440 g/mol. The summed E-state index contributed by atoms with van der Waals surface area (Å²) in [5.41, 5.74) is 1.04. The Kier molecular flexibility index (Phi) is 7.71. The van der Waals surface area contributed by atoms with Gasteiger partial charge in [-0.1, -0.05) is 42.3 Å². The van der Waals surface area contributed by atoms with E-state index in [-0.39, 0.29) is 17.6 Å². The molecule has 29 heavy (non-hydrogen) atoms. The number of carbonyl (C=O) groups is 1. The fourth-order valence-electron chi connectivity index (χ4n) is 5.27. The fourth-order valence-corrected chi connectivity index (χ4v) is 5.74. The topological polar surface area (TPSA) is 47.6 Å². The second kappa shape index (κ2) is 9.86. The molecule has 2 amide bonds. The lowest BCUT2D eigenvalue weighted by Crippen LogP contribution is -2.58. The molecule has 7 heteroatoms. The van der Waals surface area contributed by atoms with Gasteiger partial charge in [0.05, 0.1) is 15.6 Å². The lowest BCUT2D eigenvalue weighted by atomic mass is 9.67. The summed E-state index contributed by atoms with van der Waals surface area (Å²) < 4.78 is 0. The molecule has 0 aromatic heterocycles. The van der Waals surface area contributed by atoms with Gasteiger partial charge in [-0.05, 0) is 49.7 Å². The number of hydrogen-bond donors (Lipinski definition) is 2. The second-order valence-electron chi connectivity index (χ2n) is 8.51. The highest BCUT2D eigenvalue weighted by Gasteiger charge is 2.46. The Morgan fingerprint density at radius 1 is 1.21 bits per heavy atom. The highest BCUT2D eigenvalue weighted by atomic mass is 35.5. The average molecular weight is 441 g/mol. The normalized spacial score (nSPS) is 25.3. The van der Waals surface area contributed by atoms with Gasteiger partial charge in [0.1, 0.15) is 0 Å². The molecule has 3 rings (SSSR count). The number of halogens is 2. The van der Waals surface area contributed by atoms with Crippen LogP contribution in [0, 0.1) is 5.92 Å². The second-order valence-corrected chi connectivity index (χ2v) is 9.29. The van der Waals surface area contributed by atoms with Gasteiger partial charge in [-0.3, -0.25) is 4.90 Å². The Hall–Kier alpha value is -1.01. The number of amides is 2. The summed E-state index contributed by atoms with van der Waals surface area (Å²) in [7, 11) is 3.57. The number of rotatable bonds is 5. The third-order valence-corrected chi connectivity index (χ3v) is 7.59. The van der Waals surface area contributed by atoms with Crippen LogP contribution in [0.1, 0.15) is 44.6 Å². The van der Waals surface area contributed by atoms with Crippen molar-refractivity contribution in [3.8, 4) is 0 Å². The third-order valence-electron chi connectivity index (χ3n) is 6.77. The Balaban J connectivity index is 1.88. The van der Waals surface area contributed by atoms with E-state index in [0.717, 1.165) is 63.8 Å². The molecule has 1 saturated heterocycles. The van der Waals surface area contributed by atoms with Crippen LogP contribution in [0.2, 0.25) is 10.0 Å². The van der Waals surface area contributed by atoms with Crippen molar-refractivity contribution in [1.29, 1.82) is 0 Å². The van der Waals surface area contributed by atoms with Crippen LogP contribution < -0.4 is 10.6 Å². The maximum Gasteiger partial charge on any atom is 0.317 e. The van der Waals surface area contributed by atoms with Gasteiger partial charge in [0.25, 0.3) is 0 Å². The summed E-state index contributed by atoms with van der Waals surface area (Å²) in [6.07, 6.45) is 5.12. The van der Waals surface area contributed by atoms with E-state index < -0.39 is 0 Å². The quantitative estimate of drug-likeness (QED) is 0.715. The molecule has 2 aliphatic rings. The van der Waals surface area contributed by atoms with Gasteiger partial charge in [-0.15, -0.1) is 0 Å². The minimum atomic E-state index is -0.124. The van der Waals surface area contributed by atoms with Gasteiger partial charge in [-0.25, -0.2) is 4.79 Å². The molecule has 0 radical (unpaired) electrons. The van der Waals surface area contributed by atoms with Gasteiger partial charge >= 0.3 is 6.03 Å². The minimum absolute atomic E-state index is 0.00445. The molecule has 1 aliphatic heterocycles. The van der Waals surface area contributed by atoms with Gasteiger partial charge < -0.3 is 15.5 Å². The molecule has 1 aliphatic carbocycles. The molecule has 1 unspecified atom stereocenters. The molecule has 0 spiro atoms. The van der Waals surface area contributed by atoms with Crippen LogP contribution in [-0.2, 0) is 5.54 Å². The SMILES string of the molecule is CCC(c1cccc(Cl)c1Cl)(C1CCC(NC(=O)N(C)C)CC1)N1CCNCC1. The summed E-state index contributed by atoms with van der Waals surface area (Å²) in [6, 6.07) is 6.31. The zero-order valence-electron chi connectivity index (χ0n) is 17.8. The summed E-state index contributed by atoms with van der Waals surface area (Å²) in [5.74, 6) is 0.481. The molecule has 2 N–H and O–H groups in total. The van der Waals surface area contributed by atoms with E-state index in [2.05, 4.69) is 28.5 Å². The standard InChI is InChI=1S/C22H34Cl2N4O/c1-4-22(28-14-12-25-13-15-28,18-6-5-7-19(23)20(18)24)16-8-10-17(11-9-16)26-21(29)27(2)3/h5-7,16-17,25H,4,8-15H2,1-3H3,(H,26,29). The van der Waals surface area contributed by atoms with Crippen LogP contribution in [0.5, 0.6) is 0 Å². The zero-order chi connectivity index (χ0) is 21.0. The lowest BCUT2D eigenvalue weighted by molar-refractivity contribution is -0.00525. The zero-order valence-corrected chi connectivity index (χ0v) is 19.3. The van der Waals surface area contributed by atoms with E-state index in [1.165, 1.54) is 0 Å². The summed E-state index contributed by atoms with van der Waals surface area (Å²) in [5, 5.41) is 7.96. The summed E-state index contributed by atoms with van der Waals surface area (Å²) in [6.45, 7) is 6.28. The number of piperazine rings is 1. The van der Waals surface area contributed by atoms with Crippen molar-refractivity contribution in [2.45, 2.75) is 50.6 Å². The third kappa shape index (κ3) is 4.68. The molecule has 1 atom stereocenters. The molecule has 1 saturated carbocycles. The van der Waals surface area contributed by atoms with E-state index >= 15 is 0 Å². The number of hydrogen-bond acceptors (Lipinski definition) is 3. The fraction of sp³-hybridized carbons (Fsp3) is 0.682. The molecule has 1 aromatic rings. The van der Waals surface area contributed by atoms with Crippen molar-refractivity contribution in [3.05, 3.63) is 33.8 Å². The van der Waals surface area contributed by atoms with E-state index in [0.29, 0.717) is 16.0 Å². The van der Waals surface area contributed by atoms with Gasteiger partial charge in [0, 0.05) is 46.3 Å². The van der Waals surface area contributed by atoms with Gasteiger partial charge in [0.15, 0.2) is 0 Å². The van der Waals surface area contributed by atoms with E-state index in [9.17, 15) is 4.79 Å². The largest absolute Gasteiger partial charge is 0.335 e.